The largest absolute Gasteiger partial charge is 0.367 e. The molecule has 0 atom stereocenters. The third-order valence-electron chi connectivity index (χ3n) is 1.54. The standard InChI is InChI=1S/C9H15N3O/c1-7(2)12-9(13)11-6-8-3-4-10-5-8/h3-5,7,10H,6H2,1-2H3,(H2,11,12,13). The van der Waals surface area contributed by atoms with Crippen molar-refractivity contribution in [3.8, 4) is 0 Å². The lowest BCUT2D eigenvalue weighted by Gasteiger charge is -2.08. The van der Waals surface area contributed by atoms with Crippen LogP contribution in [-0.2, 0) is 6.54 Å². The SMILES string of the molecule is CC(C)NC(=O)NCc1cc[nH]c1. The number of rotatable bonds is 3. The molecule has 0 aliphatic rings. The Hall–Kier alpha value is -1.45. The van der Waals surface area contributed by atoms with E-state index < -0.39 is 0 Å². The van der Waals surface area contributed by atoms with Crippen LogP contribution in [0.15, 0.2) is 18.5 Å². The van der Waals surface area contributed by atoms with Crippen molar-refractivity contribution in [2.24, 2.45) is 0 Å². The second-order valence-electron chi connectivity index (χ2n) is 3.20. The van der Waals surface area contributed by atoms with Crippen LogP contribution in [-0.4, -0.2) is 17.1 Å². The van der Waals surface area contributed by atoms with E-state index in [0.29, 0.717) is 6.54 Å². The van der Waals surface area contributed by atoms with E-state index >= 15 is 0 Å². The van der Waals surface area contributed by atoms with E-state index in [0.717, 1.165) is 5.56 Å². The first kappa shape index (κ1) is 9.64. The monoisotopic (exact) mass is 181 g/mol. The summed E-state index contributed by atoms with van der Waals surface area (Å²) in [5, 5.41) is 5.49. The highest BCUT2D eigenvalue weighted by Crippen LogP contribution is 1.94. The fraction of sp³-hybridized carbons (Fsp3) is 0.444. The molecule has 3 N–H and O–H groups in total. The molecule has 1 heterocycles. The fourth-order valence-electron chi connectivity index (χ4n) is 0.964. The second-order valence-corrected chi connectivity index (χ2v) is 3.20. The Balaban J connectivity index is 2.23. The topological polar surface area (TPSA) is 56.9 Å². The van der Waals surface area contributed by atoms with Crippen molar-refractivity contribution in [2.75, 3.05) is 0 Å². The maximum atomic E-state index is 11.1. The number of aromatic amines is 1. The molecule has 0 bridgehead atoms. The molecular weight excluding hydrogens is 166 g/mol. The van der Waals surface area contributed by atoms with Crippen LogP contribution >= 0.6 is 0 Å². The van der Waals surface area contributed by atoms with Crippen LogP contribution in [0.4, 0.5) is 4.79 Å². The Morgan fingerprint density at radius 3 is 2.92 bits per heavy atom. The average molecular weight is 181 g/mol. The van der Waals surface area contributed by atoms with Crippen LogP contribution in [0.2, 0.25) is 0 Å². The molecule has 2 amide bonds. The molecule has 4 nitrogen and oxygen atoms in total. The Labute approximate surface area is 77.7 Å². The molecule has 0 radical (unpaired) electrons. The zero-order valence-electron chi connectivity index (χ0n) is 7.92. The zero-order chi connectivity index (χ0) is 9.68. The Morgan fingerprint density at radius 1 is 1.62 bits per heavy atom. The summed E-state index contributed by atoms with van der Waals surface area (Å²) in [5.74, 6) is 0. The number of urea groups is 1. The van der Waals surface area contributed by atoms with Crippen molar-refractivity contribution in [1.29, 1.82) is 0 Å². The lowest BCUT2D eigenvalue weighted by atomic mass is 10.3. The maximum absolute atomic E-state index is 11.1. The van der Waals surface area contributed by atoms with Crippen molar-refractivity contribution in [3.63, 3.8) is 0 Å². The van der Waals surface area contributed by atoms with Gasteiger partial charge in [-0.1, -0.05) is 0 Å². The van der Waals surface area contributed by atoms with Gasteiger partial charge in [0, 0.05) is 25.0 Å². The first-order chi connectivity index (χ1) is 6.18. The molecule has 1 aromatic heterocycles. The highest BCUT2D eigenvalue weighted by atomic mass is 16.2. The van der Waals surface area contributed by atoms with E-state index in [9.17, 15) is 4.79 Å². The molecule has 0 spiro atoms. The minimum atomic E-state index is -0.129. The number of amides is 2. The van der Waals surface area contributed by atoms with Gasteiger partial charge < -0.3 is 15.6 Å². The first-order valence-electron chi connectivity index (χ1n) is 4.34. The molecular formula is C9H15N3O. The van der Waals surface area contributed by atoms with Gasteiger partial charge in [-0.3, -0.25) is 0 Å². The molecule has 0 aliphatic heterocycles. The van der Waals surface area contributed by atoms with Gasteiger partial charge in [0.25, 0.3) is 0 Å². The normalized spacial score (nSPS) is 10.1. The van der Waals surface area contributed by atoms with Gasteiger partial charge in [-0.25, -0.2) is 4.79 Å². The van der Waals surface area contributed by atoms with Crippen LogP contribution in [0.1, 0.15) is 19.4 Å². The number of carbonyl (C=O) groups is 1. The van der Waals surface area contributed by atoms with Crippen LogP contribution in [0.25, 0.3) is 0 Å². The van der Waals surface area contributed by atoms with Crippen molar-refractivity contribution in [3.05, 3.63) is 24.0 Å². The van der Waals surface area contributed by atoms with Gasteiger partial charge in [0.15, 0.2) is 0 Å². The summed E-state index contributed by atoms with van der Waals surface area (Å²) in [5.41, 5.74) is 1.07. The number of nitrogens with one attached hydrogen (secondary N) is 3. The molecule has 0 aromatic carbocycles. The molecule has 1 rings (SSSR count). The molecule has 0 unspecified atom stereocenters. The minimum absolute atomic E-state index is 0.129. The van der Waals surface area contributed by atoms with E-state index in [1.807, 2.05) is 32.3 Å². The summed E-state index contributed by atoms with van der Waals surface area (Å²) in [4.78, 5) is 14.0. The predicted octanol–water partition coefficient (Wildman–Crippen LogP) is 1.22. The lowest BCUT2D eigenvalue weighted by molar-refractivity contribution is 0.238. The summed E-state index contributed by atoms with van der Waals surface area (Å²) < 4.78 is 0. The molecule has 4 heteroatoms. The Kier molecular flexibility index (Phi) is 3.37. The first-order valence-corrected chi connectivity index (χ1v) is 4.34. The van der Waals surface area contributed by atoms with Gasteiger partial charge in [-0.2, -0.15) is 0 Å². The molecule has 1 aromatic rings. The number of hydrogen-bond donors (Lipinski definition) is 3. The number of hydrogen-bond acceptors (Lipinski definition) is 1. The molecule has 0 saturated carbocycles. The van der Waals surface area contributed by atoms with E-state index in [1.54, 1.807) is 0 Å². The number of aromatic nitrogens is 1. The predicted molar refractivity (Wildman–Crippen MR) is 51.3 cm³/mol. The van der Waals surface area contributed by atoms with Gasteiger partial charge in [0.2, 0.25) is 0 Å². The Bertz CT molecular complexity index is 254. The third-order valence-corrected chi connectivity index (χ3v) is 1.54. The van der Waals surface area contributed by atoms with Crippen molar-refractivity contribution >= 4 is 6.03 Å². The van der Waals surface area contributed by atoms with Crippen LogP contribution in [0.3, 0.4) is 0 Å². The van der Waals surface area contributed by atoms with E-state index in [4.69, 9.17) is 0 Å². The molecule has 13 heavy (non-hydrogen) atoms. The van der Waals surface area contributed by atoms with Gasteiger partial charge in [-0.05, 0) is 25.5 Å². The molecule has 0 fully saturated rings. The van der Waals surface area contributed by atoms with Gasteiger partial charge >= 0.3 is 6.03 Å². The van der Waals surface area contributed by atoms with Gasteiger partial charge in [-0.15, -0.1) is 0 Å². The highest BCUT2D eigenvalue weighted by molar-refractivity contribution is 5.74. The highest BCUT2D eigenvalue weighted by Gasteiger charge is 2.01. The van der Waals surface area contributed by atoms with E-state index in [1.165, 1.54) is 0 Å². The number of carbonyl (C=O) groups excluding carboxylic acids is 1. The van der Waals surface area contributed by atoms with Crippen LogP contribution in [0.5, 0.6) is 0 Å². The molecule has 72 valence electrons. The molecule has 0 saturated heterocycles. The summed E-state index contributed by atoms with van der Waals surface area (Å²) in [6.07, 6.45) is 3.69. The smallest absolute Gasteiger partial charge is 0.315 e. The third kappa shape index (κ3) is 3.64. The van der Waals surface area contributed by atoms with Gasteiger partial charge in [0.1, 0.15) is 0 Å². The fourth-order valence-corrected chi connectivity index (χ4v) is 0.964. The van der Waals surface area contributed by atoms with E-state index in [2.05, 4.69) is 15.6 Å². The zero-order valence-corrected chi connectivity index (χ0v) is 7.92. The summed E-state index contributed by atoms with van der Waals surface area (Å²) in [6.45, 7) is 4.41. The van der Waals surface area contributed by atoms with Crippen molar-refractivity contribution in [1.82, 2.24) is 15.6 Å². The summed E-state index contributed by atoms with van der Waals surface area (Å²) >= 11 is 0. The average Bonchev–Trinajstić information content (AvgIpc) is 2.51. The Morgan fingerprint density at radius 2 is 2.38 bits per heavy atom. The van der Waals surface area contributed by atoms with Gasteiger partial charge in [0.05, 0.1) is 0 Å². The second kappa shape index (κ2) is 4.54. The van der Waals surface area contributed by atoms with Crippen molar-refractivity contribution < 1.29 is 4.79 Å². The minimum Gasteiger partial charge on any atom is -0.367 e. The van der Waals surface area contributed by atoms with Crippen LogP contribution in [0, 0.1) is 0 Å². The summed E-state index contributed by atoms with van der Waals surface area (Å²) in [7, 11) is 0. The van der Waals surface area contributed by atoms with E-state index in [-0.39, 0.29) is 12.1 Å². The molecule has 0 aliphatic carbocycles. The number of H-pyrrole nitrogens is 1. The van der Waals surface area contributed by atoms with Crippen LogP contribution < -0.4 is 10.6 Å². The maximum Gasteiger partial charge on any atom is 0.315 e. The van der Waals surface area contributed by atoms with Crippen molar-refractivity contribution in [2.45, 2.75) is 26.4 Å². The summed E-state index contributed by atoms with van der Waals surface area (Å²) in [6, 6.07) is 1.97. The quantitative estimate of drug-likeness (QED) is 0.645. The lowest BCUT2D eigenvalue weighted by Crippen LogP contribution is -2.38.